The Morgan fingerprint density at radius 2 is 2.06 bits per heavy atom. The third-order valence-electron chi connectivity index (χ3n) is 2.43. The van der Waals surface area contributed by atoms with E-state index in [1.807, 2.05) is 6.07 Å². The molecular formula is C13H10N2O3. The summed E-state index contributed by atoms with van der Waals surface area (Å²) in [6.45, 7) is 1.67. The average molecular weight is 242 g/mol. The molecule has 0 atom stereocenters. The molecule has 5 nitrogen and oxygen atoms in total. The summed E-state index contributed by atoms with van der Waals surface area (Å²) in [7, 11) is 1.28. The van der Waals surface area contributed by atoms with Crippen molar-refractivity contribution in [1.29, 1.82) is 5.26 Å². The van der Waals surface area contributed by atoms with E-state index >= 15 is 0 Å². The number of methoxy groups -OCH3 is 1. The summed E-state index contributed by atoms with van der Waals surface area (Å²) < 4.78 is 9.95. The van der Waals surface area contributed by atoms with Crippen LogP contribution in [0.3, 0.4) is 0 Å². The molecule has 0 saturated carbocycles. The molecule has 90 valence electrons. The molecule has 0 N–H and O–H groups in total. The third-order valence-corrected chi connectivity index (χ3v) is 2.43. The number of carbonyl (C=O) groups is 1. The molecule has 0 fully saturated rings. The Labute approximate surface area is 104 Å². The van der Waals surface area contributed by atoms with E-state index in [1.165, 1.54) is 7.11 Å². The highest BCUT2D eigenvalue weighted by atomic mass is 16.5. The molecule has 0 bridgehead atoms. The zero-order valence-corrected chi connectivity index (χ0v) is 9.93. The molecule has 1 aromatic heterocycles. The van der Waals surface area contributed by atoms with Gasteiger partial charge in [0, 0.05) is 5.56 Å². The highest BCUT2D eigenvalue weighted by Gasteiger charge is 2.18. The van der Waals surface area contributed by atoms with Gasteiger partial charge in [-0.25, -0.2) is 9.78 Å². The van der Waals surface area contributed by atoms with Crippen molar-refractivity contribution in [3.63, 3.8) is 0 Å². The predicted octanol–water partition coefficient (Wildman–Crippen LogP) is 2.31. The maximum atomic E-state index is 11.4. The molecule has 0 saturated heterocycles. The van der Waals surface area contributed by atoms with Crippen LogP contribution >= 0.6 is 0 Å². The van der Waals surface area contributed by atoms with Gasteiger partial charge in [0.15, 0.2) is 0 Å². The minimum atomic E-state index is -0.556. The first kappa shape index (κ1) is 11.9. The molecule has 1 heterocycles. The summed E-state index contributed by atoms with van der Waals surface area (Å²) in [4.78, 5) is 15.5. The monoisotopic (exact) mass is 242 g/mol. The van der Waals surface area contributed by atoms with Crippen molar-refractivity contribution in [2.45, 2.75) is 6.92 Å². The summed E-state index contributed by atoms with van der Waals surface area (Å²) in [5, 5.41) is 8.70. The molecule has 0 aliphatic carbocycles. The Balaban J connectivity index is 2.39. The number of aryl methyl sites for hydroxylation is 1. The molecule has 5 heteroatoms. The van der Waals surface area contributed by atoms with Gasteiger partial charge in [0.25, 0.3) is 0 Å². The van der Waals surface area contributed by atoms with Crippen LogP contribution in [0, 0.1) is 18.3 Å². The van der Waals surface area contributed by atoms with Crippen molar-refractivity contribution >= 4 is 5.97 Å². The number of rotatable bonds is 2. The highest BCUT2D eigenvalue weighted by molar-refractivity contribution is 5.87. The number of ether oxygens (including phenoxy) is 1. The van der Waals surface area contributed by atoms with Gasteiger partial charge in [-0.3, -0.25) is 0 Å². The summed E-state index contributed by atoms with van der Waals surface area (Å²) in [5.41, 5.74) is 1.73. The van der Waals surface area contributed by atoms with Crippen LogP contribution < -0.4 is 0 Å². The largest absolute Gasteiger partial charge is 0.463 e. The molecule has 1 aromatic carbocycles. The van der Waals surface area contributed by atoms with Crippen LogP contribution in [0.2, 0.25) is 0 Å². The lowest BCUT2D eigenvalue weighted by molar-refractivity contribution is 0.0565. The summed E-state index contributed by atoms with van der Waals surface area (Å²) >= 11 is 0. The Kier molecular flexibility index (Phi) is 3.11. The fraction of sp³-hybridized carbons (Fsp3) is 0.154. The van der Waals surface area contributed by atoms with Gasteiger partial charge >= 0.3 is 5.97 Å². The smallest absolute Gasteiger partial charge is 0.375 e. The van der Waals surface area contributed by atoms with E-state index < -0.39 is 5.97 Å². The molecule has 18 heavy (non-hydrogen) atoms. The first-order chi connectivity index (χ1) is 8.65. The van der Waals surface area contributed by atoms with Crippen LogP contribution in [0.15, 0.2) is 28.7 Å². The fourth-order valence-electron chi connectivity index (χ4n) is 1.49. The van der Waals surface area contributed by atoms with E-state index in [9.17, 15) is 4.79 Å². The standard InChI is InChI=1S/C13H10N2O3/c1-8-11(13(16)17-2)18-12(15-8)10-5-3-9(7-14)4-6-10/h3-6H,1-2H3. The second kappa shape index (κ2) is 4.72. The van der Waals surface area contributed by atoms with Gasteiger partial charge in [-0.05, 0) is 31.2 Å². The molecular weight excluding hydrogens is 232 g/mol. The van der Waals surface area contributed by atoms with Crippen molar-refractivity contribution in [1.82, 2.24) is 4.98 Å². The fourth-order valence-corrected chi connectivity index (χ4v) is 1.49. The van der Waals surface area contributed by atoms with Crippen LogP contribution in [0.4, 0.5) is 0 Å². The summed E-state index contributed by atoms with van der Waals surface area (Å²) in [6.07, 6.45) is 0. The normalized spacial score (nSPS) is 9.83. The minimum Gasteiger partial charge on any atom is -0.463 e. The van der Waals surface area contributed by atoms with Gasteiger partial charge in [-0.15, -0.1) is 0 Å². The number of esters is 1. The van der Waals surface area contributed by atoms with Gasteiger partial charge in [0.1, 0.15) is 0 Å². The quantitative estimate of drug-likeness (QED) is 0.755. The number of hydrogen-bond donors (Lipinski definition) is 0. The second-order valence-electron chi connectivity index (χ2n) is 3.61. The summed E-state index contributed by atoms with van der Waals surface area (Å²) in [5.74, 6) is -0.130. The lowest BCUT2D eigenvalue weighted by atomic mass is 10.1. The molecule has 0 aliphatic heterocycles. The topological polar surface area (TPSA) is 76.1 Å². The number of oxazole rings is 1. The minimum absolute atomic E-state index is 0.0943. The lowest BCUT2D eigenvalue weighted by Crippen LogP contribution is -2.00. The molecule has 0 spiro atoms. The van der Waals surface area contributed by atoms with E-state index in [0.29, 0.717) is 22.7 Å². The highest BCUT2D eigenvalue weighted by Crippen LogP contribution is 2.22. The maximum absolute atomic E-state index is 11.4. The second-order valence-corrected chi connectivity index (χ2v) is 3.61. The Bertz CT molecular complexity index is 621. The number of aromatic nitrogens is 1. The van der Waals surface area contributed by atoms with Crippen molar-refractivity contribution in [2.24, 2.45) is 0 Å². The van der Waals surface area contributed by atoms with Crippen molar-refractivity contribution in [3.8, 4) is 17.5 Å². The third kappa shape index (κ3) is 2.09. The Hall–Kier alpha value is -2.61. The van der Waals surface area contributed by atoms with Gasteiger partial charge in [0.2, 0.25) is 11.7 Å². The number of hydrogen-bond acceptors (Lipinski definition) is 5. The number of nitrogens with zero attached hydrogens (tertiary/aromatic N) is 2. The molecule has 2 aromatic rings. The van der Waals surface area contributed by atoms with E-state index in [0.717, 1.165) is 0 Å². The number of benzene rings is 1. The Morgan fingerprint density at radius 3 is 2.61 bits per heavy atom. The lowest BCUT2D eigenvalue weighted by Gasteiger charge is -1.95. The Morgan fingerprint density at radius 1 is 1.39 bits per heavy atom. The zero-order chi connectivity index (χ0) is 13.1. The first-order valence-electron chi connectivity index (χ1n) is 5.22. The average Bonchev–Trinajstić information content (AvgIpc) is 2.80. The van der Waals surface area contributed by atoms with Gasteiger partial charge < -0.3 is 9.15 Å². The first-order valence-corrected chi connectivity index (χ1v) is 5.22. The summed E-state index contributed by atoms with van der Waals surface area (Å²) in [6, 6.07) is 8.77. The van der Waals surface area contributed by atoms with E-state index in [1.54, 1.807) is 31.2 Å². The molecule has 0 aliphatic rings. The van der Waals surface area contributed by atoms with E-state index in [4.69, 9.17) is 9.68 Å². The van der Waals surface area contributed by atoms with Crippen LogP contribution in [0.5, 0.6) is 0 Å². The van der Waals surface area contributed by atoms with Crippen LogP contribution in [-0.4, -0.2) is 18.1 Å². The van der Waals surface area contributed by atoms with Crippen LogP contribution in [0.1, 0.15) is 21.8 Å². The SMILES string of the molecule is COC(=O)c1oc(-c2ccc(C#N)cc2)nc1C. The molecule has 0 radical (unpaired) electrons. The zero-order valence-electron chi connectivity index (χ0n) is 9.93. The van der Waals surface area contributed by atoms with Gasteiger partial charge in [-0.1, -0.05) is 0 Å². The predicted molar refractivity (Wildman–Crippen MR) is 62.7 cm³/mol. The van der Waals surface area contributed by atoms with Gasteiger partial charge in [0.05, 0.1) is 24.4 Å². The molecule has 2 rings (SSSR count). The molecule has 0 unspecified atom stereocenters. The van der Waals surface area contributed by atoms with Gasteiger partial charge in [-0.2, -0.15) is 5.26 Å². The van der Waals surface area contributed by atoms with Crippen molar-refractivity contribution in [3.05, 3.63) is 41.3 Å². The van der Waals surface area contributed by atoms with Crippen LogP contribution in [-0.2, 0) is 4.74 Å². The van der Waals surface area contributed by atoms with E-state index in [2.05, 4.69) is 9.72 Å². The van der Waals surface area contributed by atoms with Crippen LogP contribution in [0.25, 0.3) is 11.5 Å². The number of carbonyl (C=O) groups excluding carboxylic acids is 1. The molecule has 0 amide bonds. The van der Waals surface area contributed by atoms with E-state index in [-0.39, 0.29) is 5.76 Å². The van der Waals surface area contributed by atoms with Crippen molar-refractivity contribution < 1.29 is 13.9 Å². The number of nitriles is 1. The maximum Gasteiger partial charge on any atom is 0.375 e. The van der Waals surface area contributed by atoms with Crippen molar-refractivity contribution in [2.75, 3.05) is 7.11 Å².